The van der Waals surface area contributed by atoms with E-state index < -0.39 is 9.84 Å². The third-order valence-corrected chi connectivity index (χ3v) is 5.75. The van der Waals surface area contributed by atoms with Gasteiger partial charge >= 0.3 is 0 Å². The minimum absolute atomic E-state index is 0.223. The third kappa shape index (κ3) is 3.76. The number of nitrogens with one attached hydrogen (secondary N) is 1. The van der Waals surface area contributed by atoms with Gasteiger partial charge in [-0.2, -0.15) is 4.98 Å². The van der Waals surface area contributed by atoms with E-state index in [1.54, 1.807) is 12.3 Å². The van der Waals surface area contributed by atoms with Crippen LogP contribution in [0.25, 0.3) is 11.1 Å². The second-order valence-corrected chi connectivity index (χ2v) is 8.58. The number of nitrogens with two attached hydrogens (primary N) is 1. The van der Waals surface area contributed by atoms with Gasteiger partial charge in [-0.05, 0) is 48.4 Å². The SMILES string of the molecule is CCCNc1nc(N)ncc1-c1ccc(S(C)(=O)=O)cc1C1CCC1. The Hall–Kier alpha value is -2.15. The maximum atomic E-state index is 12.0. The normalized spacial score (nSPS) is 15.0. The number of hydrogen-bond acceptors (Lipinski definition) is 6. The van der Waals surface area contributed by atoms with Crippen LogP contribution in [-0.2, 0) is 9.84 Å². The van der Waals surface area contributed by atoms with Crippen molar-refractivity contribution in [2.45, 2.75) is 43.4 Å². The fraction of sp³-hybridized carbons (Fsp3) is 0.444. The third-order valence-electron chi connectivity index (χ3n) is 4.64. The molecule has 0 unspecified atom stereocenters. The molecular formula is C18H24N4O2S. The van der Waals surface area contributed by atoms with Gasteiger partial charge in [0.15, 0.2) is 9.84 Å². The van der Waals surface area contributed by atoms with E-state index in [-0.39, 0.29) is 5.95 Å². The maximum absolute atomic E-state index is 12.0. The summed E-state index contributed by atoms with van der Waals surface area (Å²) in [6.07, 6.45) is 7.25. The fourth-order valence-corrected chi connectivity index (χ4v) is 3.70. The first-order chi connectivity index (χ1) is 11.9. The van der Waals surface area contributed by atoms with Crippen molar-refractivity contribution >= 4 is 21.6 Å². The molecule has 1 aromatic heterocycles. The van der Waals surface area contributed by atoms with Gasteiger partial charge < -0.3 is 11.1 Å². The number of sulfone groups is 1. The number of rotatable bonds is 6. The molecule has 134 valence electrons. The van der Waals surface area contributed by atoms with Crippen LogP contribution in [0, 0.1) is 0 Å². The van der Waals surface area contributed by atoms with Crippen LogP contribution < -0.4 is 11.1 Å². The molecule has 1 aliphatic carbocycles. The maximum Gasteiger partial charge on any atom is 0.221 e. The Labute approximate surface area is 148 Å². The number of nitrogen functional groups attached to an aromatic ring is 1. The molecule has 2 aromatic rings. The van der Waals surface area contributed by atoms with Crippen LogP contribution in [0.5, 0.6) is 0 Å². The van der Waals surface area contributed by atoms with E-state index in [1.165, 1.54) is 12.7 Å². The van der Waals surface area contributed by atoms with Gasteiger partial charge in [-0.1, -0.05) is 19.4 Å². The molecule has 1 fully saturated rings. The summed E-state index contributed by atoms with van der Waals surface area (Å²) in [7, 11) is -3.24. The van der Waals surface area contributed by atoms with Crippen molar-refractivity contribution in [3.8, 4) is 11.1 Å². The summed E-state index contributed by atoms with van der Waals surface area (Å²) in [4.78, 5) is 8.85. The summed E-state index contributed by atoms with van der Waals surface area (Å²) in [6, 6.07) is 5.34. The molecule has 0 radical (unpaired) electrons. The Morgan fingerprint density at radius 1 is 1.28 bits per heavy atom. The second-order valence-electron chi connectivity index (χ2n) is 6.57. The molecule has 0 atom stereocenters. The Morgan fingerprint density at radius 3 is 2.64 bits per heavy atom. The van der Waals surface area contributed by atoms with Gasteiger partial charge in [-0.3, -0.25) is 0 Å². The highest BCUT2D eigenvalue weighted by molar-refractivity contribution is 7.90. The molecule has 3 rings (SSSR count). The number of aromatic nitrogens is 2. The van der Waals surface area contributed by atoms with Crippen molar-refractivity contribution in [3.63, 3.8) is 0 Å². The van der Waals surface area contributed by atoms with E-state index in [4.69, 9.17) is 5.73 Å². The van der Waals surface area contributed by atoms with Crippen LogP contribution in [0.4, 0.5) is 11.8 Å². The lowest BCUT2D eigenvalue weighted by molar-refractivity contribution is 0.420. The quantitative estimate of drug-likeness (QED) is 0.821. The first-order valence-corrected chi connectivity index (χ1v) is 10.5. The summed E-state index contributed by atoms with van der Waals surface area (Å²) < 4.78 is 23.9. The summed E-state index contributed by atoms with van der Waals surface area (Å²) >= 11 is 0. The van der Waals surface area contributed by atoms with Crippen molar-refractivity contribution in [1.82, 2.24) is 9.97 Å². The molecule has 0 amide bonds. The summed E-state index contributed by atoms with van der Waals surface area (Å²) in [5.74, 6) is 1.30. The lowest BCUT2D eigenvalue weighted by Crippen LogP contribution is -2.13. The average Bonchev–Trinajstić information content (AvgIpc) is 2.51. The molecule has 1 aromatic carbocycles. The zero-order valence-electron chi connectivity index (χ0n) is 14.6. The Balaban J connectivity index is 2.13. The molecule has 7 heteroatoms. The molecular weight excluding hydrogens is 336 g/mol. The Bertz CT molecular complexity index is 877. The monoisotopic (exact) mass is 360 g/mol. The van der Waals surface area contributed by atoms with Crippen molar-refractivity contribution in [3.05, 3.63) is 30.0 Å². The Morgan fingerprint density at radius 2 is 2.04 bits per heavy atom. The first-order valence-electron chi connectivity index (χ1n) is 8.61. The summed E-state index contributed by atoms with van der Waals surface area (Å²) in [5.41, 5.74) is 8.66. The standard InChI is InChI=1S/C18H24N4O2S/c1-3-9-20-17-16(11-21-18(19)22-17)14-8-7-13(25(2,23)24)10-15(14)12-5-4-6-12/h7-8,10-12H,3-6,9H2,1-2H3,(H3,19,20,21,22). The molecule has 25 heavy (non-hydrogen) atoms. The van der Waals surface area contributed by atoms with E-state index >= 15 is 0 Å². The van der Waals surface area contributed by atoms with Gasteiger partial charge in [0.1, 0.15) is 5.82 Å². The van der Waals surface area contributed by atoms with Crippen LogP contribution in [-0.4, -0.2) is 31.2 Å². The molecule has 6 nitrogen and oxygen atoms in total. The van der Waals surface area contributed by atoms with Gasteiger partial charge in [-0.15, -0.1) is 0 Å². The predicted octanol–water partition coefficient (Wildman–Crippen LogP) is 3.22. The number of benzene rings is 1. The van der Waals surface area contributed by atoms with Crippen molar-refractivity contribution in [1.29, 1.82) is 0 Å². The lowest BCUT2D eigenvalue weighted by Gasteiger charge is -2.29. The van der Waals surface area contributed by atoms with Crippen LogP contribution in [0.1, 0.15) is 44.1 Å². The van der Waals surface area contributed by atoms with Crippen LogP contribution in [0.3, 0.4) is 0 Å². The molecule has 1 aliphatic rings. The smallest absolute Gasteiger partial charge is 0.221 e. The molecule has 0 spiro atoms. The van der Waals surface area contributed by atoms with Gasteiger partial charge in [-0.25, -0.2) is 13.4 Å². The van der Waals surface area contributed by atoms with Crippen LogP contribution >= 0.6 is 0 Å². The zero-order chi connectivity index (χ0) is 18.0. The van der Waals surface area contributed by atoms with E-state index in [9.17, 15) is 8.42 Å². The summed E-state index contributed by atoms with van der Waals surface area (Å²) in [5, 5.41) is 3.30. The van der Waals surface area contributed by atoms with Crippen LogP contribution in [0.15, 0.2) is 29.3 Å². The van der Waals surface area contributed by atoms with Crippen LogP contribution in [0.2, 0.25) is 0 Å². The zero-order valence-corrected chi connectivity index (χ0v) is 15.4. The van der Waals surface area contributed by atoms with Gasteiger partial charge in [0.25, 0.3) is 0 Å². The lowest BCUT2D eigenvalue weighted by atomic mass is 9.77. The molecule has 3 N–H and O–H groups in total. The minimum atomic E-state index is -3.24. The predicted molar refractivity (Wildman–Crippen MR) is 100 cm³/mol. The molecule has 1 saturated carbocycles. The molecule has 0 bridgehead atoms. The van der Waals surface area contributed by atoms with Crippen molar-refractivity contribution in [2.24, 2.45) is 0 Å². The molecule has 0 aliphatic heterocycles. The molecule has 0 saturated heterocycles. The van der Waals surface area contributed by atoms with E-state index in [0.29, 0.717) is 16.6 Å². The minimum Gasteiger partial charge on any atom is -0.369 e. The largest absolute Gasteiger partial charge is 0.369 e. The number of hydrogen-bond donors (Lipinski definition) is 2. The highest BCUT2D eigenvalue weighted by Crippen LogP contribution is 2.43. The highest BCUT2D eigenvalue weighted by atomic mass is 32.2. The first kappa shape index (κ1) is 17.7. The number of anilines is 2. The Kier molecular flexibility index (Phi) is 4.94. The summed E-state index contributed by atoms with van der Waals surface area (Å²) in [6.45, 7) is 2.86. The van der Waals surface area contributed by atoms with Crippen molar-refractivity contribution in [2.75, 3.05) is 23.9 Å². The number of nitrogens with zero attached hydrogens (tertiary/aromatic N) is 2. The second kappa shape index (κ2) is 7.00. The van der Waals surface area contributed by atoms with Gasteiger partial charge in [0.05, 0.1) is 4.90 Å². The fourth-order valence-electron chi connectivity index (χ4n) is 3.04. The van der Waals surface area contributed by atoms with E-state index in [1.807, 2.05) is 12.1 Å². The van der Waals surface area contributed by atoms with Crippen molar-refractivity contribution < 1.29 is 8.42 Å². The van der Waals surface area contributed by atoms with Gasteiger partial charge in [0.2, 0.25) is 5.95 Å². The van der Waals surface area contributed by atoms with E-state index in [2.05, 4.69) is 22.2 Å². The average molecular weight is 360 g/mol. The topological polar surface area (TPSA) is 98.0 Å². The molecule has 1 heterocycles. The highest BCUT2D eigenvalue weighted by Gasteiger charge is 2.25. The van der Waals surface area contributed by atoms with Gasteiger partial charge in [0, 0.05) is 24.6 Å². The van der Waals surface area contributed by atoms with E-state index in [0.717, 1.165) is 42.5 Å².